The summed E-state index contributed by atoms with van der Waals surface area (Å²) in [5.74, 6) is -3.98. The number of hydrogen-bond donors (Lipinski definition) is 6. The number of halogens is 6. The largest absolute Gasteiger partial charge is 0.429 e. The fourth-order valence-electron chi connectivity index (χ4n) is 4.82. The summed E-state index contributed by atoms with van der Waals surface area (Å²) in [4.78, 5) is 49.1. The summed E-state index contributed by atoms with van der Waals surface area (Å²) in [6.07, 6.45) is -22.1. The molecule has 20 heteroatoms. The summed E-state index contributed by atoms with van der Waals surface area (Å²) in [5.41, 5.74) is -13.5. The molecule has 238 valence electrons. The monoisotopic (exact) mass is 634 g/mol. The third-order valence-corrected chi connectivity index (χ3v) is 7.58. The number of hydrogen-bond acceptors (Lipinski definition) is 10. The van der Waals surface area contributed by atoms with Crippen LogP contribution in [0.4, 0.5) is 26.3 Å². The molecule has 2 saturated heterocycles. The molecule has 2 unspecified atom stereocenters. The van der Waals surface area contributed by atoms with Gasteiger partial charge in [0.1, 0.15) is 18.3 Å². The summed E-state index contributed by atoms with van der Waals surface area (Å²) in [6, 6.07) is -2.17. The maximum atomic E-state index is 15.0. The Balaban J connectivity index is 0.000000186. The zero-order valence-corrected chi connectivity index (χ0v) is 21.2. The van der Waals surface area contributed by atoms with Gasteiger partial charge in [0.25, 0.3) is 16.8 Å². The molecule has 0 radical (unpaired) electrons. The predicted molar refractivity (Wildman–Crippen MR) is 126 cm³/mol. The van der Waals surface area contributed by atoms with Gasteiger partial charge in [0.15, 0.2) is 12.3 Å². The van der Waals surface area contributed by atoms with Crippen LogP contribution in [0.15, 0.2) is 43.6 Å². The zero-order valence-electron chi connectivity index (χ0n) is 25.2. The van der Waals surface area contributed by atoms with E-state index in [4.69, 9.17) is 15.0 Å². The summed E-state index contributed by atoms with van der Waals surface area (Å²) in [7, 11) is 0. The Labute approximate surface area is 239 Å². The number of nitrogens with one attached hydrogen (secondary N) is 2. The van der Waals surface area contributed by atoms with Gasteiger partial charge in [0.05, 0.1) is 16.7 Å². The van der Waals surface area contributed by atoms with Gasteiger partial charge < -0.3 is 29.9 Å². The summed E-state index contributed by atoms with van der Waals surface area (Å²) in [6.45, 7) is 0. The molecule has 6 N–H and O–H groups in total. The number of H-pyrrole nitrogens is 2. The number of alkyl halides is 6. The van der Waals surface area contributed by atoms with Gasteiger partial charge >= 0.3 is 23.5 Å². The van der Waals surface area contributed by atoms with E-state index in [-0.39, 0.29) is 34.8 Å². The molecule has 2 saturated carbocycles. The van der Waals surface area contributed by atoms with Crippen molar-refractivity contribution in [1.29, 1.82) is 0 Å². The van der Waals surface area contributed by atoms with Crippen LogP contribution in [0.1, 0.15) is 43.6 Å². The second-order valence-electron chi connectivity index (χ2n) is 10.6. The normalized spacial score (nSPS) is 36.5. The summed E-state index contributed by atoms with van der Waals surface area (Å²) < 4.78 is 123. The van der Waals surface area contributed by atoms with Gasteiger partial charge in [-0.25, -0.2) is 14.0 Å². The molecule has 0 bridgehead atoms. The van der Waals surface area contributed by atoms with Gasteiger partial charge in [-0.3, -0.25) is 28.7 Å². The van der Waals surface area contributed by atoms with E-state index in [2.05, 4.69) is 0 Å². The molecular formula is C23H24F6N4O10. The lowest BCUT2D eigenvalue weighted by Crippen LogP contribution is -2.56. The van der Waals surface area contributed by atoms with Crippen LogP contribution in [-0.4, -0.2) is 92.9 Å². The lowest BCUT2D eigenvalue weighted by molar-refractivity contribution is -0.274. The Bertz CT molecular complexity index is 1840. The molecule has 7 atom stereocenters. The second kappa shape index (κ2) is 9.86. The fourth-order valence-corrected chi connectivity index (χ4v) is 4.82. The lowest BCUT2D eigenvalue weighted by atomic mass is 9.92. The topological polar surface area (TPSA) is 209 Å². The van der Waals surface area contributed by atoms with Crippen LogP contribution < -0.4 is 22.5 Å². The van der Waals surface area contributed by atoms with Gasteiger partial charge in [0, 0.05) is 24.4 Å². The van der Waals surface area contributed by atoms with Crippen molar-refractivity contribution in [2.24, 2.45) is 0 Å². The van der Waals surface area contributed by atoms with Crippen molar-refractivity contribution in [1.82, 2.24) is 19.1 Å². The number of nitrogens with zero attached hydrogens (tertiary/aromatic N) is 2. The van der Waals surface area contributed by atoms with Crippen LogP contribution >= 0.6 is 0 Å². The van der Waals surface area contributed by atoms with E-state index < -0.39 is 113 Å². The lowest BCUT2D eigenvalue weighted by Gasteiger charge is -2.31. The van der Waals surface area contributed by atoms with Crippen molar-refractivity contribution in [2.45, 2.75) is 91.5 Å². The average Bonchev–Trinajstić information content (AvgIpc) is 3.86. The van der Waals surface area contributed by atoms with Crippen molar-refractivity contribution >= 4 is 0 Å². The second-order valence-corrected chi connectivity index (χ2v) is 10.6. The standard InChI is InChI=1S/C12H12F4N2O5.C11H12F2N2O5/c13-11(12(14,15)16)6(20)7(10(22)2-3-10)23-8(11)18-4-1-5(19)17-9(18)21;12-11(13)6(17)7(10(19)2-3-10)20-8(11)15-4-1-5(16)14-9(15)18/h1,4,6-8,20,22H,2-3H2,(H,17,19,21);1,4,6-8,17,19H,2-3H2,(H,14,16,18)/t6?,7-,8+,11+;6?,7-,8+/m00/s1/i2*1D,4D. The van der Waals surface area contributed by atoms with Crippen LogP contribution in [0, 0.1) is 0 Å². The van der Waals surface area contributed by atoms with Crippen molar-refractivity contribution in [2.75, 3.05) is 0 Å². The highest BCUT2D eigenvalue weighted by atomic mass is 19.4. The third kappa shape index (κ3) is 5.04. The Morgan fingerprint density at radius 3 is 1.60 bits per heavy atom. The van der Waals surface area contributed by atoms with E-state index in [1.807, 2.05) is 0 Å². The van der Waals surface area contributed by atoms with E-state index >= 15 is 0 Å². The van der Waals surface area contributed by atoms with E-state index in [0.29, 0.717) is 0 Å². The number of aromatic amines is 2. The number of aromatic nitrogens is 4. The van der Waals surface area contributed by atoms with Gasteiger partial charge in [-0.15, -0.1) is 0 Å². The first-order valence-electron chi connectivity index (χ1n) is 14.3. The Kier molecular flexibility index (Phi) is 5.99. The van der Waals surface area contributed by atoms with Gasteiger partial charge in [-0.1, -0.05) is 0 Å². The molecule has 14 nitrogen and oxygen atoms in total. The number of aliphatic hydroxyl groups excluding tert-OH is 2. The molecule has 2 aromatic heterocycles. The van der Waals surface area contributed by atoms with Gasteiger partial charge in [-0.05, 0) is 25.7 Å². The molecule has 2 aliphatic carbocycles. The predicted octanol–water partition coefficient (Wildman–Crippen LogP) is -1.45. The Hall–Kier alpha value is -3.30. The fraction of sp³-hybridized carbons (Fsp3) is 0.652. The van der Waals surface area contributed by atoms with E-state index in [1.165, 1.54) is 4.98 Å². The first-order chi connectivity index (χ1) is 21.4. The minimum atomic E-state index is -5.73. The molecule has 4 aliphatic rings. The first-order valence-corrected chi connectivity index (χ1v) is 12.3. The SMILES string of the molecule is [2H]c1c([2H])n([C@@H]2O[C@H](C3(O)CC3)C(O)C2(F)F)c(=O)[nH]c1=O.[2H]c1c([2H])n([C@@H]2O[C@H](C3(O)CC3)C(O)[C@]2(F)C(F)(F)F)c(=O)[nH]c1=O. The quantitative estimate of drug-likeness (QED) is 0.216. The average molecular weight is 634 g/mol. The molecule has 6 rings (SSSR count). The molecule has 2 aliphatic heterocycles. The van der Waals surface area contributed by atoms with Crippen LogP contribution in [0.3, 0.4) is 0 Å². The van der Waals surface area contributed by atoms with E-state index in [1.54, 1.807) is 4.98 Å². The molecule has 0 spiro atoms. The maximum absolute atomic E-state index is 15.0. The molecule has 43 heavy (non-hydrogen) atoms. The van der Waals surface area contributed by atoms with Crippen molar-refractivity contribution in [3.63, 3.8) is 0 Å². The highest BCUT2D eigenvalue weighted by Crippen LogP contribution is 2.56. The Morgan fingerprint density at radius 2 is 1.19 bits per heavy atom. The van der Waals surface area contributed by atoms with Crippen molar-refractivity contribution < 1.29 is 61.7 Å². The minimum Gasteiger partial charge on any atom is -0.387 e. The van der Waals surface area contributed by atoms with Crippen LogP contribution in [0.5, 0.6) is 0 Å². The maximum Gasteiger partial charge on any atom is 0.429 e. The van der Waals surface area contributed by atoms with Crippen molar-refractivity contribution in [3.8, 4) is 0 Å². The van der Waals surface area contributed by atoms with Crippen LogP contribution in [-0.2, 0) is 9.47 Å². The molecule has 2 aromatic rings. The zero-order chi connectivity index (χ0) is 35.4. The minimum absolute atomic E-state index is 0.0483. The van der Waals surface area contributed by atoms with E-state index in [0.717, 1.165) is 0 Å². The molecule has 0 aromatic carbocycles. The number of rotatable bonds is 4. The first kappa shape index (κ1) is 26.1. The molecule has 0 amide bonds. The Morgan fingerprint density at radius 1 is 0.791 bits per heavy atom. The summed E-state index contributed by atoms with van der Waals surface area (Å²) in [5, 5.41) is 39.4. The smallest absolute Gasteiger partial charge is 0.387 e. The number of aliphatic hydroxyl groups is 4. The number of ether oxygens (including phenoxy) is 2. The van der Waals surface area contributed by atoms with E-state index in [9.17, 15) is 65.9 Å². The van der Waals surface area contributed by atoms with Crippen LogP contribution in [0.2, 0.25) is 0 Å². The molecular weight excluding hydrogens is 606 g/mol. The highest BCUT2D eigenvalue weighted by molar-refractivity contribution is 5.16. The summed E-state index contributed by atoms with van der Waals surface area (Å²) >= 11 is 0. The van der Waals surface area contributed by atoms with Crippen molar-refractivity contribution in [3.05, 3.63) is 66.1 Å². The van der Waals surface area contributed by atoms with Gasteiger partial charge in [-0.2, -0.15) is 22.0 Å². The highest BCUT2D eigenvalue weighted by Gasteiger charge is 2.76. The molecule has 4 heterocycles. The third-order valence-electron chi connectivity index (χ3n) is 7.58. The molecule has 4 fully saturated rings. The van der Waals surface area contributed by atoms with Gasteiger partial charge in [0.2, 0.25) is 6.23 Å². The van der Waals surface area contributed by atoms with Crippen LogP contribution in [0.25, 0.3) is 0 Å².